The van der Waals surface area contributed by atoms with E-state index in [2.05, 4.69) is 0 Å². The van der Waals surface area contributed by atoms with E-state index in [0.717, 1.165) is 0 Å². The summed E-state index contributed by atoms with van der Waals surface area (Å²) in [5, 5.41) is -3.89. The third kappa shape index (κ3) is 3.64. The number of benzene rings is 6. The molecular weight excluding hydrogens is 515 g/mol. The lowest BCUT2D eigenvalue weighted by Gasteiger charge is -2.38. The molecule has 6 aromatic carbocycles. The molecule has 2 aliphatic heterocycles. The molecule has 194 valence electrons. The van der Waals surface area contributed by atoms with Crippen molar-refractivity contribution in [3.63, 3.8) is 0 Å². The lowest BCUT2D eigenvalue weighted by atomic mass is 9.35. The molecule has 0 saturated heterocycles. The van der Waals surface area contributed by atoms with Gasteiger partial charge in [-0.15, -0.1) is 0 Å². The molecular formula is C37H27BO2Si. The van der Waals surface area contributed by atoms with E-state index in [1.54, 1.807) is 0 Å². The van der Waals surface area contributed by atoms with Gasteiger partial charge in [-0.1, -0.05) is 126 Å². The minimum atomic E-state index is -6.14. The summed E-state index contributed by atoms with van der Waals surface area (Å²) in [4.78, 5) is 0. The fourth-order valence-electron chi connectivity index (χ4n) is 5.12. The van der Waals surface area contributed by atoms with Crippen molar-refractivity contribution in [3.8, 4) is 23.0 Å². The lowest BCUT2D eigenvalue weighted by Crippen LogP contribution is -2.75. The number of fused-ring (bicyclic) bond motifs is 4. The molecule has 0 amide bonds. The number of rotatable bonds is 4. The molecule has 0 saturated carbocycles. The highest BCUT2D eigenvalue weighted by molar-refractivity contribution is 7.20. The molecule has 6 aromatic rings. The average molecular weight is 567 g/mol. The van der Waals surface area contributed by atoms with Crippen LogP contribution in [0.3, 0.4) is 0 Å². The van der Waals surface area contributed by atoms with Gasteiger partial charge in [-0.3, -0.25) is 0 Å². The van der Waals surface area contributed by atoms with E-state index in [1.807, 2.05) is 0 Å². The van der Waals surface area contributed by atoms with Gasteiger partial charge in [0.05, 0.1) is 32.9 Å². The molecule has 2 nitrogen and oxygen atoms in total. The third-order valence-electron chi connectivity index (χ3n) is 6.85. The Kier molecular flexibility index (Phi) is 2.28. The SMILES string of the molecule is [2H]c1c([2H])c([2H])c([Si](c2c([2H])c([2H])c([2H])c([2H])c2[2H])(c2c([2H])c([2H])c(C)c([2H])c2[2H])c2c([2H])c3c4c(c2[2H])Oc2c([2H])c([2H])c([2H])c([2H])c2B4c2c([2H])c([2H])c([2H])c([2H])c2O3)c([2H])c1[2H]. The fourth-order valence-corrected chi connectivity index (χ4v) is 8.72. The number of ether oxygens (including phenoxy) is 2. The van der Waals surface area contributed by atoms with E-state index >= 15 is 0 Å². The third-order valence-corrected chi connectivity index (χ3v) is 10.9. The fraction of sp³-hybridized carbons (Fsp3) is 0.0270. The zero-order valence-corrected chi connectivity index (χ0v) is 21.9. The molecule has 0 spiro atoms. The van der Waals surface area contributed by atoms with Crippen LogP contribution >= 0.6 is 0 Å². The molecule has 2 aliphatic rings. The number of para-hydroxylation sites is 2. The quantitative estimate of drug-likeness (QED) is 0.236. The van der Waals surface area contributed by atoms with Gasteiger partial charge in [0, 0.05) is 5.46 Å². The second kappa shape index (κ2) is 9.40. The van der Waals surface area contributed by atoms with Crippen molar-refractivity contribution in [1.29, 1.82) is 0 Å². The van der Waals surface area contributed by atoms with Gasteiger partial charge in [-0.2, -0.15) is 0 Å². The smallest absolute Gasteiger partial charge is 0.260 e. The first kappa shape index (κ1) is 9.93. The van der Waals surface area contributed by atoms with Gasteiger partial charge in [0.1, 0.15) is 23.0 Å². The predicted molar refractivity (Wildman–Crippen MR) is 172 cm³/mol. The summed E-state index contributed by atoms with van der Waals surface area (Å²) >= 11 is 0. The first-order valence-corrected chi connectivity index (χ1v) is 14.2. The second-order valence-corrected chi connectivity index (χ2v) is 12.6. The number of hydrogen-bond donors (Lipinski definition) is 0. The molecule has 0 atom stereocenters. The Morgan fingerprint density at radius 2 is 0.927 bits per heavy atom. The van der Waals surface area contributed by atoms with Gasteiger partial charge in [0.2, 0.25) is 0 Å². The largest absolute Gasteiger partial charge is 0.458 e. The maximum absolute atomic E-state index is 10.1. The molecule has 0 aromatic heterocycles. The van der Waals surface area contributed by atoms with E-state index in [-0.39, 0.29) is 5.56 Å². The standard InChI is InChI=1S/C37H27BO2Si/c1-26-20-22-29(23-21-26)41(27-12-4-2-5-13-27,28-14-6-3-7-15-28)30-24-35-37-36(25-30)40-34-19-11-9-17-32(34)38(37)31-16-8-10-18-33(31)39-35/h2-25H,1H3/i2D,3D,4D,5D,6D,7D,8D,9D,10D,11D,12D,13D,14D,15D,16D,17D,18D,19D,20D,21D,22D,23D,24D,25D. The normalized spacial score (nSPS) is 21.0. The molecule has 41 heavy (non-hydrogen) atoms. The first-order chi connectivity index (χ1) is 30.2. The van der Waals surface area contributed by atoms with Crippen LogP contribution in [0.15, 0.2) is 145 Å². The predicted octanol–water partition coefficient (Wildman–Crippen LogP) is 4.10. The van der Waals surface area contributed by atoms with Crippen LogP contribution in [-0.2, 0) is 0 Å². The summed E-state index contributed by atoms with van der Waals surface area (Å²) in [6.07, 6.45) is 0. The van der Waals surface area contributed by atoms with Crippen LogP contribution in [0, 0.1) is 6.92 Å². The zero-order valence-electron chi connectivity index (χ0n) is 44.9. The average Bonchev–Trinajstić information content (AvgIpc) is 3.28. The van der Waals surface area contributed by atoms with Crippen molar-refractivity contribution in [2.45, 2.75) is 6.92 Å². The highest BCUT2D eigenvalue weighted by Crippen LogP contribution is 2.34. The monoisotopic (exact) mass is 566 g/mol. The molecule has 0 N–H and O–H groups in total. The van der Waals surface area contributed by atoms with Crippen molar-refractivity contribution < 1.29 is 42.4 Å². The summed E-state index contributed by atoms with van der Waals surface area (Å²) < 4.78 is 229. The summed E-state index contributed by atoms with van der Waals surface area (Å²) in [7, 11) is -6.14. The topological polar surface area (TPSA) is 18.5 Å². The van der Waals surface area contributed by atoms with Crippen LogP contribution in [-0.4, -0.2) is 14.8 Å². The van der Waals surface area contributed by atoms with Crippen molar-refractivity contribution >= 4 is 51.9 Å². The van der Waals surface area contributed by atoms with Gasteiger partial charge in [0.25, 0.3) is 6.71 Å². The van der Waals surface area contributed by atoms with Crippen LogP contribution < -0.4 is 46.6 Å². The maximum atomic E-state index is 10.1. The van der Waals surface area contributed by atoms with Crippen molar-refractivity contribution in [2.75, 3.05) is 0 Å². The highest BCUT2D eigenvalue weighted by Gasteiger charge is 2.45. The summed E-state index contributed by atoms with van der Waals surface area (Å²) in [6.45, 7) is -0.537. The second-order valence-electron chi connectivity index (χ2n) is 9.07. The minimum Gasteiger partial charge on any atom is -0.458 e. The minimum absolute atomic E-state index is 0.280. The van der Waals surface area contributed by atoms with Crippen LogP contribution in [0.2, 0.25) is 0 Å². The Morgan fingerprint density at radius 1 is 0.488 bits per heavy atom. The van der Waals surface area contributed by atoms with E-state index < -0.39 is 220 Å². The Hall–Kier alpha value is -4.80. The van der Waals surface area contributed by atoms with Crippen molar-refractivity contribution in [3.05, 3.63) is 151 Å². The van der Waals surface area contributed by atoms with Gasteiger partial charge in [0.15, 0.2) is 8.07 Å². The van der Waals surface area contributed by atoms with Gasteiger partial charge >= 0.3 is 0 Å². The first-order valence-electron chi connectivity index (χ1n) is 24.2. The molecule has 0 fully saturated rings. The molecule has 0 unspecified atom stereocenters. The van der Waals surface area contributed by atoms with E-state index in [4.69, 9.17) is 31.4 Å². The number of hydrogen-bond acceptors (Lipinski definition) is 2. The molecule has 8 rings (SSSR count). The Bertz CT molecular complexity index is 2890. The summed E-state index contributed by atoms with van der Waals surface area (Å²) in [6, 6.07) is -23.3. The van der Waals surface area contributed by atoms with E-state index in [1.165, 1.54) is 6.92 Å². The van der Waals surface area contributed by atoms with E-state index in [9.17, 15) is 11.0 Å². The van der Waals surface area contributed by atoms with Crippen LogP contribution in [0.4, 0.5) is 0 Å². The maximum Gasteiger partial charge on any atom is 0.260 e. The molecule has 0 radical (unpaired) electrons. The zero-order chi connectivity index (χ0) is 48.3. The summed E-state index contributed by atoms with van der Waals surface area (Å²) in [5.74, 6) is -2.94. The van der Waals surface area contributed by atoms with Crippen LogP contribution in [0.5, 0.6) is 23.0 Å². The van der Waals surface area contributed by atoms with Gasteiger partial charge in [-0.25, -0.2) is 0 Å². The van der Waals surface area contributed by atoms with Crippen LogP contribution in [0.1, 0.15) is 38.5 Å². The van der Waals surface area contributed by atoms with Gasteiger partial charge in [-0.05, 0) is 62.8 Å². The van der Waals surface area contributed by atoms with Crippen molar-refractivity contribution in [1.82, 2.24) is 0 Å². The van der Waals surface area contributed by atoms with Gasteiger partial charge < -0.3 is 9.47 Å². The molecule has 4 heteroatoms. The molecule has 0 bridgehead atoms. The van der Waals surface area contributed by atoms with E-state index in [0.29, 0.717) is 0 Å². The Morgan fingerprint density at radius 3 is 1.44 bits per heavy atom. The lowest BCUT2D eigenvalue weighted by molar-refractivity contribution is 0.465. The summed E-state index contributed by atoms with van der Waals surface area (Å²) in [5.41, 5.74) is -1.54. The Labute approximate surface area is 275 Å². The molecule has 2 heterocycles. The highest BCUT2D eigenvalue weighted by atomic mass is 28.3. The van der Waals surface area contributed by atoms with Crippen molar-refractivity contribution in [2.24, 2.45) is 0 Å². The Balaban J connectivity index is 1.76. The molecule has 0 aliphatic carbocycles. The van der Waals surface area contributed by atoms with Crippen LogP contribution in [0.25, 0.3) is 0 Å².